The maximum Gasteiger partial charge on any atom is 0.410 e. The number of amides is 2. The molecule has 11 heteroatoms. The first kappa shape index (κ1) is 30.0. The number of hydrogen-bond acceptors (Lipinski definition) is 8. The van der Waals surface area contributed by atoms with Gasteiger partial charge in [-0.15, -0.1) is 0 Å². The number of rotatable bonds is 11. The Morgan fingerprint density at radius 3 is 1.85 bits per heavy atom. The van der Waals surface area contributed by atoms with E-state index < -0.39 is 6.04 Å². The second-order valence-electron chi connectivity index (χ2n) is 10.3. The number of hydrogen-bond donors (Lipinski definition) is 2. The minimum atomic E-state index is -0.844. The van der Waals surface area contributed by atoms with Gasteiger partial charge in [0.1, 0.15) is 25.1 Å². The van der Waals surface area contributed by atoms with Crippen molar-refractivity contribution in [2.45, 2.75) is 32.1 Å². The van der Waals surface area contributed by atoms with Crippen LogP contribution in [0.25, 0.3) is 0 Å². The third-order valence-corrected chi connectivity index (χ3v) is 7.45. The van der Waals surface area contributed by atoms with Gasteiger partial charge in [0.25, 0.3) is 0 Å². The van der Waals surface area contributed by atoms with Gasteiger partial charge in [-0.1, -0.05) is 60.7 Å². The molecule has 0 saturated carbocycles. The van der Waals surface area contributed by atoms with Crippen molar-refractivity contribution in [2.75, 3.05) is 58.9 Å². The van der Waals surface area contributed by atoms with Crippen LogP contribution in [0.15, 0.2) is 60.7 Å². The van der Waals surface area contributed by atoms with Crippen LogP contribution in [-0.4, -0.2) is 108 Å². The molecule has 2 aliphatic rings. The molecule has 2 saturated heterocycles. The van der Waals surface area contributed by atoms with E-state index in [2.05, 4.69) is 4.90 Å². The van der Waals surface area contributed by atoms with Crippen molar-refractivity contribution in [1.82, 2.24) is 19.6 Å². The predicted octanol–water partition coefficient (Wildman–Crippen LogP) is 1.91. The minimum Gasteiger partial charge on any atom is -0.461 e. The Balaban J connectivity index is 1.15. The fourth-order valence-electron chi connectivity index (χ4n) is 5.08. The molecule has 41 heavy (non-hydrogen) atoms. The largest absolute Gasteiger partial charge is 0.461 e. The van der Waals surface area contributed by atoms with Crippen LogP contribution in [0, 0.1) is 5.41 Å². The van der Waals surface area contributed by atoms with Gasteiger partial charge in [0.05, 0.1) is 0 Å². The van der Waals surface area contributed by atoms with E-state index in [1.807, 2.05) is 65.6 Å². The summed E-state index contributed by atoms with van der Waals surface area (Å²) >= 11 is 0. The molecule has 2 amide bonds. The molecule has 2 aromatic carbocycles. The van der Waals surface area contributed by atoms with E-state index in [4.69, 9.17) is 20.6 Å². The number of esters is 1. The number of carbonyl (C=O) groups excluding carboxylic acids is 3. The van der Waals surface area contributed by atoms with Gasteiger partial charge in [0.2, 0.25) is 5.91 Å². The average Bonchev–Trinajstić information content (AvgIpc) is 3.00. The molecule has 0 spiro atoms. The normalized spacial score (nSPS) is 17.1. The molecule has 0 bridgehead atoms. The number of nitrogens with zero attached hydrogens (tertiary/aromatic N) is 4. The maximum atomic E-state index is 13.4. The third kappa shape index (κ3) is 9.02. The van der Waals surface area contributed by atoms with Gasteiger partial charge in [-0.2, -0.15) is 0 Å². The van der Waals surface area contributed by atoms with Crippen molar-refractivity contribution in [3.8, 4) is 0 Å². The van der Waals surface area contributed by atoms with E-state index in [1.54, 1.807) is 9.80 Å². The van der Waals surface area contributed by atoms with E-state index in [1.165, 1.54) is 0 Å². The van der Waals surface area contributed by atoms with E-state index in [9.17, 15) is 14.4 Å². The van der Waals surface area contributed by atoms with Crippen molar-refractivity contribution in [1.29, 1.82) is 5.41 Å². The summed E-state index contributed by atoms with van der Waals surface area (Å²) in [6.07, 6.45) is 0.652. The van der Waals surface area contributed by atoms with Crippen LogP contribution in [0.3, 0.4) is 0 Å². The summed E-state index contributed by atoms with van der Waals surface area (Å²) in [5.74, 6) is -0.579. The maximum absolute atomic E-state index is 13.4. The average molecular weight is 565 g/mol. The number of benzene rings is 2. The highest BCUT2D eigenvalue weighted by Crippen LogP contribution is 2.14. The summed E-state index contributed by atoms with van der Waals surface area (Å²) in [5.41, 5.74) is 7.79. The monoisotopic (exact) mass is 564 g/mol. The standard InChI is InChI=1S/C30H40N6O5/c31-28(32)27(34-18-20-36(21-19-34)30(39)41-23-25-10-5-2-6-11-25)29(38)35-16-14-33(15-17-35)13-7-12-26(37)40-22-24-8-3-1-4-9-24/h1-6,8-11,27H,7,12-23H2,(H3,31,32). The SMILES string of the molecule is N=C(N)C(C(=O)N1CCN(CCCC(=O)OCc2ccccc2)CC1)N1CCN(C(=O)OCc2ccccc2)CC1. The van der Waals surface area contributed by atoms with Crippen molar-refractivity contribution in [3.63, 3.8) is 0 Å². The molecule has 2 aromatic rings. The zero-order chi connectivity index (χ0) is 29.0. The molecule has 0 aromatic heterocycles. The highest BCUT2D eigenvalue weighted by atomic mass is 16.6. The van der Waals surface area contributed by atoms with E-state index in [0.29, 0.717) is 65.2 Å². The lowest BCUT2D eigenvalue weighted by atomic mass is 10.1. The second kappa shape index (κ2) is 15.2. The van der Waals surface area contributed by atoms with Crippen molar-refractivity contribution >= 4 is 23.8 Å². The minimum absolute atomic E-state index is 0.179. The molecule has 3 N–H and O–H groups in total. The Morgan fingerprint density at radius 2 is 1.29 bits per heavy atom. The molecule has 0 aliphatic carbocycles. The Morgan fingerprint density at radius 1 is 0.756 bits per heavy atom. The summed E-state index contributed by atoms with van der Waals surface area (Å²) in [7, 11) is 0. The smallest absolute Gasteiger partial charge is 0.410 e. The lowest BCUT2D eigenvalue weighted by molar-refractivity contribution is -0.145. The lowest BCUT2D eigenvalue weighted by Crippen LogP contribution is -2.62. The first-order valence-corrected chi connectivity index (χ1v) is 14.1. The number of amidine groups is 1. The summed E-state index contributed by atoms with van der Waals surface area (Å²) < 4.78 is 10.8. The molecule has 2 heterocycles. The lowest BCUT2D eigenvalue weighted by Gasteiger charge is -2.41. The fourth-order valence-corrected chi connectivity index (χ4v) is 5.08. The van der Waals surface area contributed by atoms with Crippen LogP contribution in [0.4, 0.5) is 4.79 Å². The van der Waals surface area contributed by atoms with Crippen molar-refractivity contribution < 1.29 is 23.9 Å². The quantitative estimate of drug-likeness (QED) is 0.240. The molecule has 0 radical (unpaired) electrons. The molecule has 1 unspecified atom stereocenters. The van der Waals surface area contributed by atoms with E-state index in [0.717, 1.165) is 17.7 Å². The predicted molar refractivity (Wildman–Crippen MR) is 154 cm³/mol. The number of nitrogens with two attached hydrogens (primary N) is 1. The van der Waals surface area contributed by atoms with Crippen LogP contribution in [0.2, 0.25) is 0 Å². The van der Waals surface area contributed by atoms with Gasteiger partial charge in [0, 0.05) is 58.8 Å². The number of ether oxygens (including phenoxy) is 2. The Bertz CT molecular complexity index is 1150. The van der Waals surface area contributed by atoms with E-state index in [-0.39, 0.29) is 37.0 Å². The molecule has 4 rings (SSSR count). The Labute approximate surface area is 241 Å². The first-order valence-electron chi connectivity index (χ1n) is 14.1. The Hall–Kier alpha value is -3.96. The van der Waals surface area contributed by atoms with Crippen molar-refractivity contribution in [3.05, 3.63) is 71.8 Å². The topological polar surface area (TPSA) is 132 Å². The van der Waals surface area contributed by atoms with Gasteiger partial charge in [0.15, 0.2) is 0 Å². The molecular formula is C30H40N6O5. The van der Waals surface area contributed by atoms with Crippen LogP contribution in [0.1, 0.15) is 24.0 Å². The van der Waals surface area contributed by atoms with Crippen LogP contribution in [-0.2, 0) is 32.3 Å². The van der Waals surface area contributed by atoms with Gasteiger partial charge < -0.3 is 25.0 Å². The molecule has 2 aliphatic heterocycles. The van der Waals surface area contributed by atoms with Gasteiger partial charge in [-0.3, -0.25) is 24.8 Å². The highest BCUT2D eigenvalue weighted by molar-refractivity contribution is 6.05. The summed E-state index contributed by atoms with van der Waals surface area (Å²) in [5, 5.41) is 8.12. The third-order valence-electron chi connectivity index (χ3n) is 7.45. The number of piperazine rings is 2. The fraction of sp³-hybridized carbons (Fsp3) is 0.467. The molecular weight excluding hydrogens is 524 g/mol. The van der Waals surface area contributed by atoms with Gasteiger partial charge in [-0.25, -0.2) is 4.79 Å². The van der Waals surface area contributed by atoms with Crippen LogP contribution >= 0.6 is 0 Å². The highest BCUT2D eigenvalue weighted by Gasteiger charge is 2.36. The van der Waals surface area contributed by atoms with Gasteiger partial charge >= 0.3 is 12.1 Å². The summed E-state index contributed by atoms with van der Waals surface area (Å²) in [6.45, 7) is 5.34. The first-order chi connectivity index (χ1) is 19.9. The van der Waals surface area contributed by atoms with E-state index >= 15 is 0 Å². The van der Waals surface area contributed by atoms with Crippen molar-refractivity contribution in [2.24, 2.45) is 5.73 Å². The van der Waals surface area contributed by atoms with Crippen LogP contribution < -0.4 is 5.73 Å². The molecule has 11 nitrogen and oxygen atoms in total. The number of carbonyl (C=O) groups is 3. The Kier molecular flexibility index (Phi) is 11.1. The molecule has 1 atom stereocenters. The summed E-state index contributed by atoms with van der Waals surface area (Å²) in [6, 6.07) is 18.3. The zero-order valence-corrected chi connectivity index (χ0v) is 23.5. The summed E-state index contributed by atoms with van der Waals surface area (Å²) in [4.78, 5) is 45.5. The van der Waals surface area contributed by atoms with Gasteiger partial charge in [-0.05, 0) is 24.1 Å². The molecule has 2 fully saturated rings. The van der Waals surface area contributed by atoms with Crippen LogP contribution in [0.5, 0.6) is 0 Å². The zero-order valence-electron chi connectivity index (χ0n) is 23.5. The second-order valence-corrected chi connectivity index (χ2v) is 10.3. The molecule has 220 valence electrons. The number of nitrogens with one attached hydrogen (secondary N) is 1.